The number of nitrogens with one attached hydrogen (secondary N) is 1. The Balaban J connectivity index is 1.74. The predicted octanol–water partition coefficient (Wildman–Crippen LogP) is 2.93. The smallest absolute Gasteiger partial charge is 0.303 e. The van der Waals surface area contributed by atoms with Crippen LogP contribution in [0.15, 0.2) is 48.5 Å². The molecular formula is C19H20FNO4. The Morgan fingerprint density at radius 3 is 2.48 bits per heavy atom. The average Bonchev–Trinajstić information content (AvgIpc) is 2.60. The Morgan fingerprint density at radius 1 is 1.08 bits per heavy atom. The summed E-state index contributed by atoms with van der Waals surface area (Å²) >= 11 is 0. The molecule has 0 aromatic heterocycles. The lowest BCUT2D eigenvalue weighted by Crippen LogP contribution is -2.24. The van der Waals surface area contributed by atoms with Crippen molar-refractivity contribution in [2.24, 2.45) is 0 Å². The second-order valence-corrected chi connectivity index (χ2v) is 5.53. The Bertz CT molecular complexity index is 716. The molecule has 0 fully saturated rings. The first kappa shape index (κ1) is 18.4. The van der Waals surface area contributed by atoms with Gasteiger partial charge in [0.25, 0.3) is 0 Å². The van der Waals surface area contributed by atoms with Crippen LogP contribution >= 0.6 is 0 Å². The molecule has 2 aromatic rings. The van der Waals surface area contributed by atoms with Gasteiger partial charge in [0, 0.05) is 13.0 Å². The Hall–Kier alpha value is -2.89. The summed E-state index contributed by atoms with van der Waals surface area (Å²) in [4.78, 5) is 22.3. The van der Waals surface area contributed by atoms with Crippen LogP contribution in [0.25, 0.3) is 0 Å². The number of hydrogen-bond donors (Lipinski definition) is 2. The molecule has 0 aliphatic heterocycles. The summed E-state index contributed by atoms with van der Waals surface area (Å²) < 4.78 is 18.9. The number of hydrogen-bond acceptors (Lipinski definition) is 3. The number of rotatable bonds is 9. The number of aliphatic carboxylic acids is 1. The molecule has 0 heterocycles. The molecule has 1 amide bonds. The van der Waals surface area contributed by atoms with E-state index in [1.54, 1.807) is 30.3 Å². The van der Waals surface area contributed by atoms with Crippen molar-refractivity contribution in [1.29, 1.82) is 0 Å². The molecule has 2 N–H and O–H groups in total. The largest absolute Gasteiger partial charge is 0.494 e. The molecule has 6 heteroatoms. The van der Waals surface area contributed by atoms with Gasteiger partial charge in [-0.3, -0.25) is 9.59 Å². The first-order valence-electron chi connectivity index (χ1n) is 7.98. The molecule has 25 heavy (non-hydrogen) atoms. The van der Waals surface area contributed by atoms with Gasteiger partial charge in [0.1, 0.15) is 11.6 Å². The minimum absolute atomic E-state index is 0.00253. The van der Waals surface area contributed by atoms with Gasteiger partial charge in [-0.1, -0.05) is 30.3 Å². The van der Waals surface area contributed by atoms with E-state index in [1.807, 2.05) is 12.1 Å². The van der Waals surface area contributed by atoms with E-state index >= 15 is 0 Å². The van der Waals surface area contributed by atoms with Gasteiger partial charge in [0.15, 0.2) is 0 Å². The maximum absolute atomic E-state index is 13.5. The van der Waals surface area contributed by atoms with E-state index in [4.69, 9.17) is 9.84 Å². The topological polar surface area (TPSA) is 75.6 Å². The third-order valence-corrected chi connectivity index (χ3v) is 3.53. The Labute approximate surface area is 145 Å². The van der Waals surface area contributed by atoms with Crippen molar-refractivity contribution in [3.63, 3.8) is 0 Å². The van der Waals surface area contributed by atoms with E-state index in [0.29, 0.717) is 30.9 Å². The molecule has 5 nitrogen and oxygen atoms in total. The molecule has 0 spiro atoms. The fourth-order valence-electron chi connectivity index (χ4n) is 2.19. The molecule has 0 unspecified atom stereocenters. The van der Waals surface area contributed by atoms with Crippen molar-refractivity contribution in [3.8, 4) is 5.75 Å². The number of amides is 1. The normalized spacial score (nSPS) is 10.3. The predicted molar refractivity (Wildman–Crippen MR) is 90.8 cm³/mol. The van der Waals surface area contributed by atoms with Gasteiger partial charge < -0.3 is 15.2 Å². The van der Waals surface area contributed by atoms with Crippen molar-refractivity contribution in [2.45, 2.75) is 25.8 Å². The number of ether oxygens (including phenoxy) is 1. The molecular weight excluding hydrogens is 325 g/mol. The van der Waals surface area contributed by atoms with Crippen LogP contribution in [0.1, 0.15) is 24.0 Å². The highest BCUT2D eigenvalue weighted by atomic mass is 19.1. The van der Waals surface area contributed by atoms with Gasteiger partial charge in [0.2, 0.25) is 5.91 Å². The van der Waals surface area contributed by atoms with Crippen LogP contribution in [0.4, 0.5) is 4.39 Å². The number of benzene rings is 2. The lowest BCUT2D eigenvalue weighted by molar-refractivity contribution is -0.137. The quantitative estimate of drug-likeness (QED) is 0.685. The maximum Gasteiger partial charge on any atom is 0.303 e. The van der Waals surface area contributed by atoms with E-state index in [9.17, 15) is 14.0 Å². The van der Waals surface area contributed by atoms with Crippen molar-refractivity contribution >= 4 is 11.9 Å². The minimum atomic E-state index is -0.843. The van der Waals surface area contributed by atoms with Gasteiger partial charge >= 0.3 is 5.97 Å². The van der Waals surface area contributed by atoms with Crippen molar-refractivity contribution in [3.05, 3.63) is 65.5 Å². The lowest BCUT2D eigenvalue weighted by Gasteiger charge is -2.08. The zero-order valence-corrected chi connectivity index (χ0v) is 13.7. The zero-order chi connectivity index (χ0) is 18.1. The number of carboxylic acids is 1. The van der Waals surface area contributed by atoms with E-state index in [-0.39, 0.29) is 24.6 Å². The Kier molecular flexibility index (Phi) is 6.95. The van der Waals surface area contributed by atoms with Crippen molar-refractivity contribution < 1.29 is 23.8 Å². The SMILES string of the molecule is O=C(O)CCCOc1ccc(CNC(=O)Cc2ccccc2F)cc1. The highest BCUT2D eigenvalue weighted by Gasteiger charge is 2.07. The zero-order valence-electron chi connectivity index (χ0n) is 13.7. The first-order chi connectivity index (χ1) is 12.0. The molecule has 0 aliphatic rings. The van der Waals surface area contributed by atoms with Crippen LogP contribution in [0.3, 0.4) is 0 Å². The highest BCUT2D eigenvalue weighted by Crippen LogP contribution is 2.13. The van der Waals surface area contributed by atoms with Crippen molar-refractivity contribution in [1.82, 2.24) is 5.32 Å². The van der Waals surface area contributed by atoms with E-state index in [0.717, 1.165) is 5.56 Å². The molecule has 0 saturated carbocycles. The standard InChI is InChI=1S/C19H20FNO4/c20-17-5-2-1-4-15(17)12-18(22)21-13-14-7-9-16(10-8-14)25-11-3-6-19(23)24/h1-2,4-5,7-10H,3,6,11-13H2,(H,21,22)(H,23,24). The molecule has 0 atom stereocenters. The first-order valence-corrected chi connectivity index (χ1v) is 7.98. The van der Waals surface area contributed by atoms with Crippen LogP contribution in [0, 0.1) is 5.82 Å². The summed E-state index contributed by atoms with van der Waals surface area (Å²) in [6.45, 7) is 0.678. The monoisotopic (exact) mass is 345 g/mol. The van der Waals surface area contributed by atoms with E-state index in [2.05, 4.69) is 5.32 Å². The van der Waals surface area contributed by atoms with Crippen molar-refractivity contribution in [2.75, 3.05) is 6.61 Å². The third-order valence-electron chi connectivity index (χ3n) is 3.53. The van der Waals surface area contributed by atoms with Crippen LogP contribution in [0.2, 0.25) is 0 Å². The van der Waals surface area contributed by atoms with Gasteiger partial charge in [0.05, 0.1) is 13.0 Å². The molecule has 132 valence electrons. The summed E-state index contributed by atoms with van der Waals surface area (Å²) in [6, 6.07) is 13.4. The fourth-order valence-corrected chi connectivity index (χ4v) is 2.19. The highest BCUT2D eigenvalue weighted by molar-refractivity contribution is 5.78. The summed E-state index contributed by atoms with van der Waals surface area (Å²) in [5.41, 5.74) is 1.25. The van der Waals surface area contributed by atoms with Crippen LogP contribution < -0.4 is 10.1 Å². The average molecular weight is 345 g/mol. The second-order valence-electron chi connectivity index (χ2n) is 5.53. The summed E-state index contributed by atoms with van der Waals surface area (Å²) in [6.07, 6.45) is 0.521. The number of carboxylic acid groups (broad SMARTS) is 1. The molecule has 2 rings (SSSR count). The molecule has 0 aliphatic carbocycles. The minimum Gasteiger partial charge on any atom is -0.494 e. The summed E-state index contributed by atoms with van der Waals surface area (Å²) in [5.74, 6) is -0.835. The summed E-state index contributed by atoms with van der Waals surface area (Å²) in [7, 11) is 0. The van der Waals surface area contributed by atoms with E-state index in [1.165, 1.54) is 6.07 Å². The Morgan fingerprint density at radius 2 is 1.80 bits per heavy atom. The number of carbonyl (C=O) groups excluding carboxylic acids is 1. The molecule has 0 radical (unpaired) electrons. The second kappa shape index (κ2) is 9.42. The lowest BCUT2D eigenvalue weighted by atomic mass is 10.1. The van der Waals surface area contributed by atoms with Gasteiger partial charge in [-0.05, 0) is 35.7 Å². The van der Waals surface area contributed by atoms with Gasteiger partial charge in [-0.25, -0.2) is 4.39 Å². The molecule has 0 bridgehead atoms. The third kappa shape index (κ3) is 6.63. The fraction of sp³-hybridized carbons (Fsp3) is 0.263. The number of halogens is 1. The van der Waals surface area contributed by atoms with Crippen LogP contribution in [-0.2, 0) is 22.6 Å². The van der Waals surface area contributed by atoms with Crippen LogP contribution in [-0.4, -0.2) is 23.6 Å². The van der Waals surface area contributed by atoms with Gasteiger partial charge in [-0.2, -0.15) is 0 Å². The molecule has 2 aromatic carbocycles. The maximum atomic E-state index is 13.5. The van der Waals surface area contributed by atoms with E-state index < -0.39 is 5.97 Å². The molecule has 0 saturated heterocycles. The number of carbonyl (C=O) groups is 2. The van der Waals surface area contributed by atoms with Crippen LogP contribution in [0.5, 0.6) is 5.75 Å². The summed E-state index contributed by atoms with van der Waals surface area (Å²) in [5, 5.41) is 11.3. The van der Waals surface area contributed by atoms with Gasteiger partial charge in [-0.15, -0.1) is 0 Å².